The molecule has 2 heterocycles. The van der Waals surface area contributed by atoms with Crippen LogP contribution in [0.25, 0.3) is 0 Å². The maximum Gasteiger partial charge on any atom is 0.233 e. The van der Waals surface area contributed by atoms with Gasteiger partial charge in [-0.05, 0) is 25.3 Å². The Bertz CT molecular complexity index is 353. The molecule has 2 rings (SSSR count). The molecule has 0 spiro atoms. The number of thiophene rings is 1. The molecule has 4 heteroatoms. The predicted molar refractivity (Wildman–Crippen MR) is 66.8 cm³/mol. The van der Waals surface area contributed by atoms with Crippen LogP contribution in [0.5, 0.6) is 0 Å². The molecule has 3 nitrogen and oxygen atoms in total. The number of piperazine rings is 1. The summed E-state index contributed by atoms with van der Waals surface area (Å²) in [6.45, 7) is 7.51. The van der Waals surface area contributed by atoms with Crippen molar-refractivity contribution in [2.24, 2.45) is 0 Å². The quantitative estimate of drug-likeness (QED) is 0.846. The second-order valence-corrected chi connectivity index (χ2v) is 5.59. The van der Waals surface area contributed by atoms with Gasteiger partial charge in [0.15, 0.2) is 0 Å². The highest BCUT2D eigenvalue weighted by Gasteiger charge is 2.34. The number of hydrogen-bond donors (Lipinski definition) is 1. The van der Waals surface area contributed by atoms with E-state index < -0.39 is 0 Å². The van der Waals surface area contributed by atoms with Crippen LogP contribution in [-0.4, -0.2) is 37.0 Å². The average molecular weight is 238 g/mol. The fourth-order valence-electron chi connectivity index (χ4n) is 2.00. The molecular weight excluding hydrogens is 220 g/mol. The Balaban J connectivity index is 2.13. The average Bonchev–Trinajstić information content (AvgIpc) is 2.83. The first-order chi connectivity index (χ1) is 7.62. The van der Waals surface area contributed by atoms with E-state index in [2.05, 4.69) is 5.32 Å². The number of nitrogens with zero attached hydrogens (tertiary/aromatic N) is 1. The molecule has 1 aliphatic heterocycles. The van der Waals surface area contributed by atoms with Crippen molar-refractivity contribution >= 4 is 17.2 Å². The van der Waals surface area contributed by atoms with Crippen LogP contribution in [0, 0.1) is 0 Å². The molecule has 1 aromatic rings. The molecule has 0 bridgehead atoms. The van der Waals surface area contributed by atoms with E-state index >= 15 is 0 Å². The van der Waals surface area contributed by atoms with E-state index in [0.717, 1.165) is 31.1 Å². The summed E-state index contributed by atoms with van der Waals surface area (Å²) < 4.78 is 0. The molecule has 1 amide bonds. The lowest BCUT2D eigenvalue weighted by Gasteiger charge is -2.34. The number of hydrogen-bond acceptors (Lipinski definition) is 3. The first-order valence-electron chi connectivity index (χ1n) is 5.66. The predicted octanol–water partition coefficient (Wildman–Crippen LogP) is 1.46. The van der Waals surface area contributed by atoms with E-state index in [9.17, 15) is 4.79 Å². The van der Waals surface area contributed by atoms with E-state index in [0.29, 0.717) is 0 Å². The Hall–Kier alpha value is -0.870. The molecule has 0 aromatic carbocycles. The van der Waals surface area contributed by atoms with Crippen LogP contribution in [0.15, 0.2) is 17.5 Å². The van der Waals surface area contributed by atoms with Gasteiger partial charge in [-0.2, -0.15) is 0 Å². The Morgan fingerprint density at radius 1 is 1.44 bits per heavy atom. The minimum Gasteiger partial charge on any atom is -0.339 e. The molecule has 88 valence electrons. The zero-order valence-corrected chi connectivity index (χ0v) is 10.6. The second kappa shape index (κ2) is 4.55. The van der Waals surface area contributed by atoms with Crippen molar-refractivity contribution in [1.82, 2.24) is 10.2 Å². The summed E-state index contributed by atoms with van der Waals surface area (Å²) >= 11 is 1.66. The first kappa shape index (κ1) is 11.6. The van der Waals surface area contributed by atoms with Gasteiger partial charge < -0.3 is 10.2 Å². The van der Waals surface area contributed by atoms with Crippen molar-refractivity contribution in [2.45, 2.75) is 19.3 Å². The van der Waals surface area contributed by atoms with Crippen LogP contribution in [0.4, 0.5) is 0 Å². The Kier molecular flexibility index (Phi) is 3.30. The summed E-state index contributed by atoms with van der Waals surface area (Å²) in [7, 11) is 0. The van der Waals surface area contributed by atoms with Crippen LogP contribution in [0.1, 0.15) is 18.7 Å². The molecule has 0 atom stereocenters. The zero-order chi connectivity index (χ0) is 11.6. The van der Waals surface area contributed by atoms with Crippen LogP contribution in [0.2, 0.25) is 0 Å². The molecule has 1 aliphatic rings. The molecule has 0 unspecified atom stereocenters. The third-order valence-electron chi connectivity index (χ3n) is 3.08. The van der Waals surface area contributed by atoms with Gasteiger partial charge in [-0.3, -0.25) is 4.79 Å². The Morgan fingerprint density at radius 2 is 2.12 bits per heavy atom. The third-order valence-corrected chi connectivity index (χ3v) is 4.27. The molecule has 16 heavy (non-hydrogen) atoms. The third kappa shape index (κ3) is 2.13. The van der Waals surface area contributed by atoms with Crippen molar-refractivity contribution < 1.29 is 4.79 Å². The van der Waals surface area contributed by atoms with Gasteiger partial charge in [0.05, 0.1) is 5.41 Å². The van der Waals surface area contributed by atoms with Gasteiger partial charge in [-0.1, -0.05) is 6.07 Å². The topological polar surface area (TPSA) is 32.3 Å². The smallest absolute Gasteiger partial charge is 0.233 e. The Morgan fingerprint density at radius 3 is 2.69 bits per heavy atom. The number of rotatable bonds is 2. The summed E-state index contributed by atoms with van der Waals surface area (Å²) in [5, 5.41) is 5.29. The summed E-state index contributed by atoms with van der Waals surface area (Å²) in [6, 6.07) is 4.05. The van der Waals surface area contributed by atoms with E-state index in [1.807, 2.05) is 36.3 Å². The summed E-state index contributed by atoms with van der Waals surface area (Å²) in [5.41, 5.74) is -0.383. The van der Waals surface area contributed by atoms with Crippen LogP contribution in [-0.2, 0) is 10.2 Å². The lowest BCUT2D eigenvalue weighted by molar-refractivity contribution is -0.136. The minimum atomic E-state index is -0.383. The van der Waals surface area contributed by atoms with Crippen molar-refractivity contribution in [3.8, 4) is 0 Å². The van der Waals surface area contributed by atoms with E-state index in [-0.39, 0.29) is 11.3 Å². The van der Waals surface area contributed by atoms with Gasteiger partial charge in [0.2, 0.25) is 5.91 Å². The highest BCUT2D eigenvalue weighted by Crippen LogP contribution is 2.29. The molecular formula is C12H18N2OS. The summed E-state index contributed by atoms with van der Waals surface area (Å²) in [5.74, 6) is 0.247. The monoisotopic (exact) mass is 238 g/mol. The fourth-order valence-corrected chi connectivity index (χ4v) is 2.85. The lowest BCUT2D eigenvalue weighted by atomic mass is 9.89. The molecule has 1 aromatic heterocycles. The van der Waals surface area contributed by atoms with E-state index in [4.69, 9.17) is 0 Å². The van der Waals surface area contributed by atoms with Crippen molar-refractivity contribution in [2.75, 3.05) is 26.2 Å². The van der Waals surface area contributed by atoms with Gasteiger partial charge in [0.1, 0.15) is 0 Å². The van der Waals surface area contributed by atoms with Gasteiger partial charge in [0.25, 0.3) is 0 Å². The number of carbonyl (C=O) groups is 1. The standard InChI is InChI=1S/C12H18N2OS/c1-12(2,10-4-3-9-16-10)11(15)14-7-5-13-6-8-14/h3-4,9,13H,5-8H2,1-2H3. The molecule has 1 N–H and O–H groups in total. The van der Waals surface area contributed by atoms with E-state index in [1.54, 1.807) is 11.3 Å². The van der Waals surface area contributed by atoms with E-state index in [1.165, 1.54) is 0 Å². The normalized spacial score (nSPS) is 17.5. The highest BCUT2D eigenvalue weighted by molar-refractivity contribution is 7.10. The summed E-state index contributed by atoms with van der Waals surface area (Å²) in [4.78, 5) is 15.5. The molecule has 1 fully saturated rings. The first-order valence-corrected chi connectivity index (χ1v) is 6.54. The lowest BCUT2D eigenvalue weighted by Crippen LogP contribution is -2.51. The van der Waals surface area contributed by atoms with Gasteiger partial charge in [0, 0.05) is 31.1 Å². The fraction of sp³-hybridized carbons (Fsp3) is 0.583. The van der Waals surface area contributed by atoms with Crippen LogP contribution < -0.4 is 5.32 Å². The minimum absolute atomic E-state index is 0.247. The summed E-state index contributed by atoms with van der Waals surface area (Å²) in [6.07, 6.45) is 0. The maximum atomic E-state index is 12.4. The molecule has 0 aliphatic carbocycles. The van der Waals surface area contributed by atoms with Crippen LogP contribution >= 0.6 is 11.3 Å². The van der Waals surface area contributed by atoms with Crippen molar-refractivity contribution in [3.63, 3.8) is 0 Å². The Labute approximate surface area is 100 Å². The van der Waals surface area contributed by atoms with Crippen LogP contribution in [0.3, 0.4) is 0 Å². The highest BCUT2D eigenvalue weighted by atomic mass is 32.1. The largest absolute Gasteiger partial charge is 0.339 e. The zero-order valence-electron chi connectivity index (χ0n) is 9.82. The second-order valence-electron chi connectivity index (χ2n) is 4.64. The van der Waals surface area contributed by atoms with Gasteiger partial charge in [-0.25, -0.2) is 0 Å². The SMILES string of the molecule is CC(C)(C(=O)N1CCNCC1)c1cccs1. The van der Waals surface area contributed by atoms with Crippen molar-refractivity contribution in [3.05, 3.63) is 22.4 Å². The molecule has 0 saturated carbocycles. The number of carbonyl (C=O) groups excluding carboxylic acids is 1. The van der Waals surface area contributed by atoms with Crippen molar-refractivity contribution in [1.29, 1.82) is 0 Å². The number of nitrogens with one attached hydrogen (secondary N) is 1. The van der Waals surface area contributed by atoms with Gasteiger partial charge in [-0.15, -0.1) is 11.3 Å². The van der Waals surface area contributed by atoms with Gasteiger partial charge >= 0.3 is 0 Å². The molecule has 0 radical (unpaired) electrons. The maximum absolute atomic E-state index is 12.4. The molecule has 1 saturated heterocycles. The number of amides is 1.